The SMILES string of the molecule is CCCNNc1cccc(-c2nc(C(C)C)sc2-c2ccnc(NCC(C)C)n2)c1F. The molecule has 6 nitrogen and oxygen atoms in total. The molecule has 0 saturated heterocycles. The van der Waals surface area contributed by atoms with Crippen LogP contribution in [0.4, 0.5) is 16.0 Å². The Morgan fingerprint density at radius 1 is 1.10 bits per heavy atom. The molecule has 0 saturated carbocycles. The van der Waals surface area contributed by atoms with E-state index < -0.39 is 0 Å². The van der Waals surface area contributed by atoms with Gasteiger partial charge in [0.1, 0.15) is 0 Å². The number of hydrogen-bond donors (Lipinski definition) is 3. The fraction of sp³-hybridized carbons (Fsp3) is 0.435. The van der Waals surface area contributed by atoms with Crippen LogP contribution in [-0.4, -0.2) is 28.0 Å². The van der Waals surface area contributed by atoms with Gasteiger partial charge in [0, 0.05) is 30.8 Å². The van der Waals surface area contributed by atoms with Crippen molar-refractivity contribution in [3.05, 3.63) is 41.3 Å². The van der Waals surface area contributed by atoms with Crippen LogP contribution in [-0.2, 0) is 0 Å². The molecule has 0 aliphatic carbocycles. The Morgan fingerprint density at radius 2 is 1.90 bits per heavy atom. The molecule has 0 radical (unpaired) electrons. The van der Waals surface area contributed by atoms with Gasteiger partial charge in [-0.25, -0.2) is 24.8 Å². The van der Waals surface area contributed by atoms with Gasteiger partial charge in [-0.05, 0) is 30.5 Å². The minimum absolute atomic E-state index is 0.230. The van der Waals surface area contributed by atoms with E-state index in [1.807, 2.05) is 12.1 Å². The maximum absolute atomic E-state index is 15.4. The van der Waals surface area contributed by atoms with Crippen LogP contribution in [0.25, 0.3) is 21.8 Å². The Balaban J connectivity index is 2.03. The molecule has 0 spiro atoms. The predicted octanol–water partition coefficient (Wildman–Crippen LogP) is 5.92. The average molecular weight is 443 g/mol. The number of aromatic nitrogens is 3. The Bertz CT molecular complexity index is 1000. The second-order valence-corrected chi connectivity index (χ2v) is 9.17. The van der Waals surface area contributed by atoms with Crippen molar-refractivity contribution in [3.63, 3.8) is 0 Å². The first-order chi connectivity index (χ1) is 14.9. The standard InChI is InChI=1S/C23H31FN6S/c1-6-11-27-30-17-9-7-8-16(19(17)24)20-21(31-22(29-20)15(4)5)18-10-12-25-23(28-18)26-13-14(2)3/h7-10,12,14-15,27,30H,6,11,13H2,1-5H3,(H,25,26,28). The molecule has 0 aliphatic heterocycles. The van der Waals surface area contributed by atoms with Crippen molar-refractivity contribution in [1.29, 1.82) is 0 Å². The Kier molecular flexibility index (Phi) is 7.92. The molecule has 31 heavy (non-hydrogen) atoms. The monoisotopic (exact) mass is 442 g/mol. The van der Waals surface area contributed by atoms with Crippen LogP contribution in [0.2, 0.25) is 0 Å². The summed E-state index contributed by atoms with van der Waals surface area (Å²) in [5, 5.41) is 4.21. The van der Waals surface area contributed by atoms with E-state index in [1.165, 1.54) is 0 Å². The number of thiazole rings is 1. The summed E-state index contributed by atoms with van der Waals surface area (Å²) in [6.45, 7) is 12.0. The summed E-state index contributed by atoms with van der Waals surface area (Å²) in [4.78, 5) is 14.7. The smallest absolute Gasteiger partial charge is 0.223 e. The minimum Gasteiger partial charge on any atom is -0.354 e. The lowest BCUT2D eigenvalue weighted by Crippen LogP contribution is -2.22. The molecule has 8 heteroatoms. The second kappa shape index (κ2) is 10.6. The van der Waals surface area contributed by atoms with Crippen molar-refractivity contribution in [3.8, 4) is 21.8 Å². The normalized spacial score (nSPS) is 11.4. The van der Waals surface area contributed by atoms with Crippen molar-refractivity contribution in [2.45, 2.75) is 47.0 Å². The summed E-state index contributed by atoms with van der Waals surface area (Å²) in [6.07, 6.45) is 2.68. The van der Waals surface area contributed by atoms with Gasteiger partial charge in [-0.1, -0.05) is 40.7 Å². The minimum atomic E-state index is -0.333. The van der Waals surface area contributed by atoms with E-state index in [4.69, 9.17) is 4.98 Å². The van der Waals surface area contributed by atoms with Crippen LogP contribution < -0.4 is 16.2 Å². The van der Waals surface area contributed by atoms with Crippen molar-refractivity contribution < 1.29 is 4.39 Å². The molecule has 0 bridgehead atoms. The van der Waals surface area contributed by atoms with E-state index in [0.717, 1.165) is 35.1 Å². The quantitative estimate of drug-likeness (QED) is 0.267. The first-order valence-electron chi connectivity index (χ1n) is 10.8. The Hall–Kier alpha value is -2.58. The zero-order valence-corrected chi connectivity index (χ0v) is 19.6. The molecule has 3 aromatic rings. The molecule has 0 unspecified atom stereocenters. The molecular weight excluding hydrogens is 411 g/mol. The lowest BCUT2D eigenvalue weighted by atomic mass is 10.1. The first-order valence-corrected chi connectivity index (χ1v) is 11.6. The lowest BCUT2D eigenvalue weighted by Gasteiger charge is -2.12. The summed E-state index contributed by atoms with van der Waals surface area (Å²) < 4.78 is 15.4. The molecule has 0 aliphatic rings. The van der Waals surface area contributed by atoms with Gasteiger partial charge in [0.2, 0.25) is 5.95 Å². The Labute approximate surface area is 187 Å². The molecule has 1 aromatic carbocycles. The summed E-state index contributed by atoms with van der Waals surface area (Å²) in [5.41, 5.74) is 8.20. The number of rotatable bonds is 10. The molecule has 2 heterocycles. The van der Waals surface area contributed by atoms with E-state index in [1.54, 1.807) is 29.7 Å². The van der Waals surface area contributed by atoms with Crippen LogP contribution in [0.3, 0.4) is 0 Å². The van der Waals surface area contributed by atoms with Gasteiger partial charge in [0.15, 0.2) is 5.82 Å². The number of halogens is 1. The van der Waals surface area contributed by atoms with Gasteiger partial charge in [0.05, 0.1) is 27.0 Å². The molecule has 0 fully saturated rings. The third-order valence-corrected chi connectivity index (χ3v) is 5.92. The highest BCUT2D eigenvalue weighted by Crippen LogP contribution is 2.40. The third-order valence-electron chi connectivity index (χ3n) is 4.55. The molecule has 0 amide bonds. The van der Waals surface area contributed by atoms with Crippen molar-refractivity contribution in [2.75, 3.05) is 23.8 Å². The third kappa shape index (κ3) is 5.77. The van der Waals surface area contributed by atoms with Crippen LogP contribution in [0.15, 0.2) is 30.5 Å². The molecular formula is C23H31FN6S. The van der Waals surface area contributed by atoms with Crippen LogP contribution in [0, 0.1) is 11.7 Å². The van der Waals surface area contributed by atoms with Gasteiger partial charge < -0.3 is 10.7 Å². The highest BCUT2D eigenvalue weighted by atomic mass is 32.1. The van der Waals surface area contributed by atoms with Crippen LogP contribution in [0.1, 0.15) is 52.0 Å². The molecule has 3 rings (SSSR count). The van der Waals surface area contributed by atoms with Crippen molar-refractivity contribution in [1.82, 2.24) is 20.4 Å². The maximum Gasteiger partial charge on any atom is 0.223 e. The number of nitrogens with one attached hydrogen (secondary N) is 3. The molecule has 0 atom stereocenters. The topological polar surface area (TPSA) is 74.8 Å². The number of hydrogen-bond acceptors (Lipinski definition) is 7. The largest absolute Gasteiger partial charge is 0.354 e. The van der Waals surface area contributed by atoms with E-state index in [-0.39, 0.29) is 11.7 Å². The van der Waals surface area contributed by atoms with Crippen LogP contribution >= 0.6 is 11.3 Å². The van der Waals surface area contributed by atoms with E-state index in [0.29, 0.717) is 28.8 Å². The number of anilines is 2. The zero-order chi connectivity index (χ0) is 22.4. The highest BCUT2D eigenvalue weighted by Gasteiger charge is 2.21. The van der Waals surface area contributed by atoms with Gasteiger partial charge >= 0.3 is 0 Å². The van der Waals surface area contributed by atoms with E-state index in [9.17, 15) is 0 Å². The molecule has 2 aromatic heterocycles. The summed E-state index contributed by atoms with van der Waals surface area (Å²) in [5.74, 6) is 0.939. The van der Waals surface area contributed by atoms with Gasteiger partial charge in [-0.15, -0.1) is 11.3 Å². The number of benzene rings is 1. The number of nitrogens with zero attached hydrogens (tertiary/aromatic N) is 3. The highest BCUT2D eigenvalue weighted by molar-refractivity contribution is 7.15. The lowest BCUT2D eigenvalue weighted by molar-refractivity contribution is 0.627. The summed E-state index contributed by atoms with van der Waals surface area (Å²) in [6, 6.07) is 7.17. The van der Waals surface area contributed by atoms with E-state index >= 15 is 4.39 Å². The first kappa shape index (κ1) is 23.1. The van der Waals surface area contributed by atoms with Gasteiger partial charge in [-0.3, -0.25) is 0 Å². The van der Waals surface area contributed by atoms with Crippen LogP contribution in [0.5, 0.6) is 0 Å². The fourth-order valence-electron chi connectivity index (χ4n) is 2.90. The zero-order valence-electron chi connectivity index (χ0n) is 18.8. The summed E-state index contributed by atoms with van der Waals surface area (Å²) in [7, 11) is 0. The fourth-order valence-corrected chi connectivity index (χ4v) is 3.95. The predicted molar refractivity (Wildman–Crippen MR) is 128 cm³/mol. The summed E-state index contributed by atoms with van der Waals surface area (Å²) >= 11 is 1.55. The van der Waals surface area contributed by atoms with Gasteiger partial charge in [-0.2, -0.15) is 0 Å². The van der Waals surface area contributed by atoms with Gasteiger partial charge in [0.25, 0.3) is 0 Å². The maximum atomic E-state index is 15.4. The molecule has 166 valence electrons. The van der Waals surface area contributed by atoms with Crippen molar-refractivity contribution >= 4 is 23.0 Å². The van der Waals surface area contributed by atoms with Crippen molar-refractivity contribution in [2.24, 2.45) is 5.92 Å². The molecule has 3 N–H and O–H groups in total. The van der Waals surface area contributed by atoms with E-state index in [2.05, 4.69) is 60.8 Å². The Morgan fingerprint density at radius 3 is 2.61 bits per heavy atom. The number of hydrazine groups is 1. The average Bonchev–Trinajstić information content (AvgIpc) is 3.19. The second-order valence-electron chi connectivity index (χ2n) is 8.14.